The molecule has 1 aromatic rings. The molecule has 1 fully saturated rings. The van der Waals surface area contributed by atoms with Gasteiger partial charge in [0.25, 0.3) is 0 Å². The second-order valence-electron chi connectivity index (χ2n) is 4.93. The summed E-state index contributed by atoms with van der Waals surface area (Å²) >= 11 is 0. The molecule has 1 atom stereocenters. The molecule has 0 bridgehead atoms. The molecule has 1 saturated heterocycles. The van der Waals surface area contributed by atoms with Crippen LogP contribution in [0, 0.1) is 5.92 Å². The van der Waals surface area contributed by atoms with Crippen molar-refractivity contribution in [3.8, 4) is 0 Å². The SMILES string of the molecule is Nc1cccc(CC(=O)N2CCC(CCO)C2)c1. The molecule has 1 heterocycles. The van der Waals surface area contributed by atoms with Crippen molar-refractivity contribution in [2.45, 2.75) is 19.3 Å². The van der Waals surface area contributed by atoms with Crippen molar-refractivity contribution in [3.63, 3.8) is 0 Å². The number of likely N-dealkylation sites (tertiary alicyclic amines) is 1. The number of aliphatic hydroxyl groups excluding tert-OH is 1. The Morgan fingerprint density at radius 2 is 2.33 bits per heavy atom. The third-order valence-corrected chi connectivity index (χ3v) is 3.48. The van der Waals surface area contributed by atoms with E-state index in [-0.39, 0.29) is 12.5 Å². The predicted molar refractivity (Wildman–Crippen MR) is 70.9 cm³/mol. The molecule has 1 unspecified atom stereocenters. The first-order valence-corrected chi connectivity index (χ1v) is 6.42. The van der Waals surface area contributed by atoms with E-state index in [0.717, 1.165) is 31.5 Å². The molecular weight excluding hydrogens is 228 g/mol. The van der Waals surface area contributed by atoms with Crippen molar-refractivity contribution >= 4 is 11.6 Å². The van der Waals surface area contributed by atoms with Crippen LogP contribution >= 0.6 is 0 Å². The Bertz CT molecular complexity index is 420. The van der Waals surface area contributed by atoms with E-state index < -0.39 is 0 Å². The number of nitrogen functional groups attached to an aromatic ring is 1. The minimum absolute atomic E-state index is 0.154. The fourth-order valence-electron chi connectivity index (χ4n) is 2.47. The first-order valence-electron chi connectivity index (χ1n) is 6.42. The number of nitrogens with zero attached hydrogens (tertiary/aromatic N) is 1. The molecule has 98 valence electrons. The number of carbonyl (C=O) groups excluding carboxylic acids is 1. The summed E-state index contributed by atoms with van der Waals surface area (Å²) in [6, 6.07) is 7.46. The van der Waals surface area contributed by atoms with E-state index in [0.29, 0.717) is 18.0 Å². The summed E-state index contributed by atoms with van der Waals surface area (Å²) < 4.78 is 0. The Balaban J connectivity index is 1.89. The van der Waals surface area contributed by atoms with E-state index in [1.165, 1.54) is 0 Å². The quantitative estimate of drug-likeness (QED) is 0.782. The minimum atomic E-state index is 0.154. The highest BCUT2D eigenvalue weighted by Gasteiger charge is 2.25. The summed E-state index contributed by atoms with van der Waals surface area (Å²) in [5.41, 5.74) is 7.35. The highest BCUT2D eigenvalue weighted by Crippen LogP contribution is 2.20. The highest BCUT2D eigenvalue weighted by atomic mass is 16.3. The van der Waals surface area contributed by atoms with Crippen LogP contribution in [-0.2, 0) is 11.2 Å². The summed E-state index contributed by atoms with van der Waals surface area (Å²) in [4.78, 5) is 14.0. The van der Waals surface area contributed by atoms with Crippen LogP contribution in [0.25, 0.3) is 0 Å². The average Bonchev–Trinajstić information content (AvgIpc) is 2.78. The zero-order valence-corrected chi connectivity index (χ0v) is 10.5. The number of hydrogen-bond acceptors (Lipinski definition) is 3. The smallest absolute Gasteiger partial charge is 0.227 e. The minimum Gasteiger partial charge on any atom is -0.399 e. The molecule has 1 amide bonds. The van der Waals surface area contributed by atoms with Crippen LogP contribution in [0.4, 0.5) is 5.69 Å². The summed E-state index contributed by atoms with van der Waals surface area (Å²) in [5.74, 6) is 0.612. The van der Waals surface area contributed by atoms with Crippen molar-refractivity contribution in [1.82, 2.24) is 4.90 Å². The van der Waals surface area contributed by atoms with Gasteiger partial charge in [0.1, 0.15) is 0 Å². The Kier molecular flexibility index (Phi) is 4.20. The first kappa shape index (κ1) is 12.9. The van der Waals surface area contributed by atoms with Crippen LogP contribution in [-0.4, -0.2) is 35.6 Å². The van der Waals surface area contributed by atoms with Crippen molar-refractivity contribution < 1.29 is 9.90 Å². The Hall–Kier alpha value is -1.55. The predicted octanol–water partition coefficient (Wildman–Crippen LogP) is 1.04. The molecule has 4 nitrogen and oxygen atoms in total. The molecule has 18 heavy (non-hydrogen) atoms. The number of benzene rings is 1. The van der Waals surface area contributed by atoms with Crippen LogP contribution < -0.4 is 5.73 Å². The van der Waals surface area contributed by atoms with Gasteiger partial charge in [-0.25, -0.2) is 0 Å². The third kappa shape index (κ3) is 3.23. The average molecular weight is 248 g/mol. The number of carbonyl (C=O) groups is 1. The molecule has 2 rings (SSSR count). The van der Waals surface area contributed by atoms with Crippen molar-refractivity contribution in [1.29, 1.82) is 0 Å². The molecular formula is C14H20N2O2. The molecule has 0 aliphatic carbocycles. The first-order chi connectivity index (χ1) is 8.69. The van der Waals surface area contributed by atoms with Gasteiger partial charge in [-0.1, -0.05) is 12.1 Å². The van der Waals surface area contributed by atoms with E-state index in [1.54, 1.807) is 0 Å². The lowest BCUT2D eigenvalue weighted by Gasteiger charge is -2.16. The van der Waals surface area contributed by atoms with Gasteiger partial charge in [-0.2, -0.15) is 0 Å². The topological polar surface area (TPSA) is 66.6 Å². The maximum atomic E-state index is 12.1. The molecule has 1 aliphatic heterocycles. The number of rotatable bonds is 4. The summed E-state index contributed by atoms with van der Waals surface area (Å²) in [5, 5.41) is 8.90. The fraction of sp³-hybridized carbons (Fsp3) is 0.500. The monoisotopic (exact) mass is 248 g/mol. The third-order valence-electron chi connectivity index (χ3n) is 3.48. The Labute approximate surface area is 107 Å². The molecule has 0 radical (unpaired) electrons. The van der Waals surface area contributed by atoms with Crippen molar-refractivity contribution in [2.75, 3.05) is 25.4 Å². The number of aliphatic hydroxyl groups is 1. The highest BCUT2D eigenvalue weighted by molar-refractivity contribution is 5.79. The molecule has 1 aliphatic rings. The van der Waals surface area contributed by atoms with Gasteiger partial charge in [0.15, 0.2) is 0 Å². The second-order valence-corrected chi connectivity index (χ2v) is 4.93. The van der Waals surface area contributed by atoms with Gasteiger partial charge in [0, 0.05) is 25.4 Å². The normalized spacial score (nSPS) is 19.2. The standard InChI is InChI=1S/C14H20N2O2/c15-13-3-1-2-12(8-13)9-14(18)16-6-4-11(10-16)5-7-17/h1-3,8,11,17H,4-7,9-10,15H2. The van der Waals surface area contributed by atoms with E-state index in [4.69, 9.17) is 10.8 Å². The van der Waals surface area contributed by atoms with Gasteiger partial charge < -0.3 is 15.7 Å². The Morgan fingerprint density at radius 1 is 1.50 bits per heavy atom. The number of hydrogen-bond donors (Lipinski definition) is 2. The van der Waals surface area contributed by atoms with Crippen LogP contribution in [0.3, 0.4) is 0 Å². The molecule has 0 saturated carbocycles. The summed E-state index contributed by atoms with van der Waals surface area (Å²) in [6.07, 6.45) is 2.21. The van der Waals surface area contributed by atoms with E-state index in [2.05, 4.69) is 0 Å². The lowest BCUT2D eigenvalue weighted by molar-refractivity contribution is -0.129. The molecule has 0 aromatic heterocycles. The molecule has 4 heteroatoms. The lowest BCUT2D eigenvalue weighted by Crippen LogP contribution is -2.30. The number of amides is 1. The zero-order chi connectivity index (χ0) is 13.0. The van der Waals surface area contributed by atoms with Crippen molar-refractivity contribution in [3.05, 3.63) is 29.8 Å². The van der Waals surface area contributed by atoms with Gasteiger partial charge >= 0.3 is 0 Å². The largest absolute Gasteiger partial charge is 0.399 e. The van der Waals surface area contributed by atoms with E-state index in [9.17, 15) is 4.79 Å². The van der Waals surface area contributed by atoms with Crippen LogP contribution in [0.15, 0.2) is 24.3 Å². The molecule has 1 aromatic carbocycles. The molecule has 0 spiro atoms. The van der Waals surface area contributed by atoms with Crippen LogP contribution in [0.1, 0.15) is 18.4 Å². The maximum Gasteiger partial charge on any atom is 0.227 e. The summed E-state index contributed by atoms with van der Waals surface area (Å²) in [7, 11) is 0. The summed E-state index contributed by atoms with van der Waals surface area (Å²) in [6.45, 7) is 1.80. The maximum absolute atomic E-state index is 12.1. The van der Waals surface area contributed by atoms with Crippen molar-refractivity contribution in [2.24, 2.45) is 5.92 Å². The fourth-order valence-corrected chi connectivity index (χ4v) is 2.47. The molecule has 3 N–H and O–H groups in total. The van der Waals surface area contributed by atoms with Crippen LogP contribution in [0.2, 0.25) is 0 Å². The second kappa shape index (κ2) is 5.87. The van der Waals surface area contributed by atoms with Gasteiger partial charge in [0.2, 0.25) is 5.91 Å². The number of anilines is 1. The van der Waals surface area contributed by atoms with Crippen LogP contribution in [0.5, 0.6) is 0 Å². The van der Waals surface area contributed by atoms with Gasteiger partial charge in [0.05, 0.1) is 6.42 Å². The van der Waals surface area contributed by atoms with Gasteiger partial charge in [-0.15, -0.1) is 0 Å². The van der Waals surface area contributed by atoms with E-state index in [1.807, 2.05) is 29.2 Å². The number of nitrogens with two attached hydrogens (primary N) is 1. The van der Waals surface area contributed by atoms with Gasteiger partial charge in [-0.05, 0) is 36.5 Å². The van der Waals surface area contributed by atoms with E-state index >= 15 is 0 Å². The zero-order valence-electron chi connectivity index (χ0n) is 10.5. The van der Waals surface area contributed by atoms with Gasteiger partial charge in [-0.3, -0.25) is 4.79 Å². The Morgan fingerprint density at radius 3 is 3.06 bits per heavy atom. The lowest BCUT2D eigenvalue weighted by atomic mass is 10.1.